The zero-order valence-electron chi connectivity index (χ0n) is 16.8. The Balaban J connectivity index is 1.27. The third-order valence-electron chi connectivity index (χ3n) is 6.93. The van der Waals surface area contributed by atoms with Crippen molar-refractivity contribution in [3.05, 3.63) is 39.8 Å². The standard InChI is InChI=1S/C22H28N4O2S/c27-20(17-16-23-26-10-4-1-6-18(17)26)24-11-13-25(14-12-24)21(28)22(8-2-3-9-22)19-7-5-15-29-19/h5,7,15-16H,1-4,6,8-14H2. The predicted molar refractivity (Wildman–Crippen MR) is 112 cm³/mol. The number of rotatable bonds is 3. The lowest BCUT2D eigenvalue weighted by Gasteiger charge is -2.39. The Morgan fingerprint density at radius 3 is 2.45 bits per heavy atom. The lowest BCUT2D eigenvalue weighted by atomic mass is 9.82. The maximum absolute atomic E-state index is 13.5. The van der Waals surface area contributed by atoms with Gasteiger partial charge in [0.1, 0.15) is 0 Å². The molecule has 2 aliphatic heterocycles. The smallest absolute Gasteiger partial charge is 0.257 e. The first-order valence-corrected chi connectivity index (χ1v) is 11.7. The number of piperazine rings is 1. The van der Waals surface area contributed by atoms with Crippen LogP contribution < -0.4 is 0 Å². The first kappa shape index (κ1) is 18.9. The van der Waals surface area contributed by atoms with Crippen LogP contribution in [0.2, 0.25) is 0 Å². The third-order valence-corrected chi connectivity index (χ3v) is 8.00. The zero-order valence-corrected chi connectivity index (χ0v) is 17.6. The molecular weight excluding hydrogens is 384 g/mol. The van der Waals surface area contributed by atoms with Crippen LogP contribution in [0.25, 0.3) is 0 Å². The normalized spacial score (nSPS) is 21.2. The van der Waals surface area contributed by atoms with E-state index in [1.165, 1.54) is 4.88 Å². The number of hydrogen-bond donors (Lipinski definition) is 0. The molecule has 4 heterocycles. The Morgan fingerprint density at radius 2 is 1.72 bits per heavy atom. The van der Waals surface area contributed by atoms with Crippen molar-refractivity contribution < 1.29 is 9.59 Å². The highest BCUT2D eigenvalue weighted by Gasteiger charge is 2.46. The fourth-order valence-corrected chi connectivity index (χ4v) is 6.26. The van der Waals surface area contributed by atoms with Crippen molar-refractivity contribution in [2.75, 3.05) is 26.2 Å². The lowest BCUT2D eigenvalue weighted by molar-refractivity contribution is -0.138. The number of amides is 2. The van der Waals surface area contributed by atoms with E-state index in [4.69, 9.17) is 0 Å². The largest absolute Gasteiger partial charge is 0.338 e. The number of hydrogen-bond acceptors (Lipinski definition) is 4. The number of thiophene rings is 1. The van der Waals surface area contributed by atoms with E-state index in [0.29, 0.717) is 26.2 Å². The van der Waals surface area contributed by atoms with E-state index >= 15 is 0 Å². The van der Waals surface area contributed by atoms with Crippen molar-refractivity contribution in [2.24, 2.45) is 0 Å². The molecule has 5 rings (SSSR count). The molecule has 0 atom stereocenters. The van der Waals surface area contributed by atoms with Gasteiger partial charge in [0.2, 0.25) is 5.91 Å². The van der Waals surface area contributed by atoms with Gasteiger partial charge in [-0.2, -0.15) is 5.10 Å². The van der Waals surface area contributed by atoms with Gasteiger partial charge in [0.05, 0.1) is 22.9 Å². The first-order chi connectivity index (χ1) is 14.2. The van der Waals surface area contributed by atoms with Crippen LogP contribution in [0.3, 0.4) is 0 Å². The molecule has 0 radical (unpaired) electrons. The van der Waals surface area contributed by atoms with Crippen molar-refractivity contribution >= 4 is 23.2 Å². The fraction of sp³-hybridized carbons (Fsp3) is 0.591. The molecule has 2 amide bonds. The van der Waals surface area contributed by atoms with Gasteiger partial charge in [-0.15, -0.1) is 11.3 Å². The average molecular weight is 413 g/mol. The predicted octanol–water partition coefficient (Wildman–Crippen LogP) is 3.08. The molecule has 29 heavy (non-hydrogen) atoms. The topological polar surface area (TPSA) is 58.4 Å². The van der Waals surface area contributed by atoms with Gasteiger partial charge < -0.3 is 9.80 Å². The summed E-state index contributed by atoms with van der Waals surface area (Å²) in [6.45, 7) is 3.38. The van der Waals surface area contributed by atoms with Crippen molar-refractivity contribution in [3.63, 3.8) is 0 Å². The quantitative estimate of drug-likeness (QED) is 0.778. The van der Waals surface area contributed by atoms with Crippen molar-refractivity contribution in [3.8, 4) is 0 Å². The minimum Gasteiger partial charge on any atom is -0.338 e. The molecule has 0 aromatic carbocycles. The maximum Gasteiger partial charge on any atom is 0.257 e. The molecule has 154 valence electrons. The van der Waals surface area contributed by atoms with Crippen LogP contribution in [0, 0.1) is 0 Å². The molecule has 7 heteroatoms. The van der Waals surface area contributed by atoms with Crippen LogP contribution in [0.4, 0.5) is 0 Å². The Labute approximate surface area is 175 Å². The van der Waals surface area contributed by atoms with Crippen LogP contribution in [0.15, 0.2) is 23.7 Å². The maximum atomic E-state index is 13.5. The number of aromatic nitrogens is 2. The summed E-state index contributed by atoms with van der Waals surface area (Å²) in [4.78, 5) is 31.7. The number of carbonyl (C=O) groups is 2. The molecule has 1 aliphatic carbocycles. The van der Waals surface area contributed by atoms with E-state index < -0.39 is 0 Å². The van der Waals surface area contributed by atoms with Gasteiger partial charge in [0, 0.05) is 37.6 Å². The van der Waals surface area contributed by atoms with E-state index in [1.54, 1.807) is 17.5 Å². The van der Waals surface area contributed by atoms with E-state index in [9.17, 15) is 9.59 Å². The lowest BCUT2D eigenvalue weighted by Crippen LogP contribution is -2.55. The molecule has 1 saturated carbocycles. The summed E-state index contributed by atoms with van der Waals surface area (Å²) in [6, 6.07) is 4.17. The summed E-state index contributed by atoms with van der Waals surface area (Å²) in [6.07, 6.45) is 9.08. The van der Waals surface area contributed by atoms with Gasteiger partial charge in [0.25, 0.3) is 5.91 Å². The second-order valence-electron chi connectivity index (χ2n) is 8.54. The average Bonchev–Trinajstić information content (AvgIpc) is 3.53. The van der Waals surface area contributed by atoms with E-state index in [2.05, 4.69) is 22.6 Å². The molecule has 1 saturated heterocycles. The van der Waals surface area contributed by atoms with E-state index in [-0.39, 0.29) is 17.2 Å². The minimum atomic E-state index is -0.328. The van der Waals surface area contributed by atoms with Gasteiger partial charge in [-0.05, 0) is 43.6 Å². The van der Waals surface area contributed by atoms with Crippen LogP contribution in [-0.2, 0) is 23.2 Å². The van der Waals surface area contributed by atoms with Crippen molar-refractivity contribution in [1.29, 1.82) is 0 Å². The summed E-state index contributed by atoms with van der Waals surface area (Å²) >= 11 is 1.71. The second-order valence-corrected chi connectivity index (χ2v) is 9.48. The van der Waals surface area contributed by atoms with Gasteiger partial charge in [-0.3, -0.25) is 14.3 Å². The van der Waals surface area contributed by atoms with Gasteiger partial charge in [-0.25, -0.2) is 0 Å². The Bertz CT molecular complexity index is 890. The molecule has 0 bridgehead atoms. The third kappa shape index (κ3) is 3.19. The van der Waals surface area contributed by atoms with Crippen LogP contribution >= 0.6 is 11.3 Å². The number of carbonyl (C=O) groups excluding carboxylic acids is 2. The van der Waals surface area contributed by atoms with E-state index in [1.807, 2.05) is 14.5 Å². The Morgan fingerprint density at radius 1 is 0.966 bits per heavy atom. The molecule has 0 N–H and O–H groups in total. The van der Waals surface area contributed by atoms with Gasteiger partial charge in [-0.1, -0.05) is 18.9 Å². The summed E-state index contributed by atoms with van der Waals surface area (Å²) in [7, 11) is 0. The van der Waals surface area contributed by atoms with Crippen LogP contribution in [0.1, 0.15) is 59.5 Å². The first-order valence-electron chi connectivity index (χ1n) is 10.9. The summed E-state index contributed by atoms with van der Waals surface area (Å²) in [5, 5.41) is 6.49. The Hall–Kier alpha value is -2.15. The number of aryl methyl sites for hydroxylation is 1. The fourth-order valence-electron chi connectivity index (χ4n) is 5.28. The molecular formula is C22H28N4O2S. The SMILES string of the molecule is O=C(c1cnn2c1CCCC2)N1CCN(C(=O)C2(c3cccs3)CCCC2)CC1. The van der Waals surface area contributed by atoms with Gasteiger partial charge >= 0.3 is 0 Å². The van der Waals surface area contributed by atoms with Crippen molar-refractivity contribution in [1.82, 2.24) is 19.6 Å². The highest BCUT2D eigenvalue weighted by Crippen LogP contribution is 2.44. The summed E-state index contributed by atoms with van der Waals surface area (Å²) < 4.78 is 1.99. The van der Waals surface area contributed by atoms with Crippen molar-refractivity contribution in [2.45, 2.75) is 56.9 Å². The number of nitrogens with zero attached hydrogens (tertiary/aromatic N) is 4. The number of fused-ring (bicyclic) bond motifs is 1. The second kappa shape index (κ2) is 7.59. The van der Waals surface area contributed by atoms with Crippen LogP contribution in [0.5, 0.6) is 0 Å². The zero-order chi connectivity index (χ0) is 19.8. The highest BCUT2D eigenvalue weighted by atomic mass is 32.1. The van der Waals surface area contributed by atoms with Crippen LogP contribution in [-0.4, -0.2) is 57.6 Å². The highest BCUT2D eigenvalue weighted by molar-refractivity contribution is 7.10. The molecule has 2 aromatic rings. The molecule has 2 aromatic heterocycles. The van der Waals surface area contributed by atoms with E-state index in [0.717, 1.165) is 62.7 Å². The summed E-state index contributed by atoms with van der Waals surface area (Å²) in [5.74, 6) is 0.349. The molecule has 2 fully saturated rings. The molecule has 6 nitrogen and oxygen atoms in total. The van der Waals surface area contributed by atoms with Gasteiger partial charge in [0.15, 0.2) is 0 Å². The molecule has 0 unspecified atom stereocenters. The monoisotopic (exact) mass is 412 g/mol. The Kier molecular flexibility index (Phi) is 4.94. The molecule has 3 aliphatic rings. The summed E-state index contributed by atoms with van der Waals surface area (Å²) in [5.41, 5.74) is 1.52. The minimum absolute atomic E-state index is 0.0779. The molecule has 0 spiro atoms.